The molecule has 2 rings (SSSR count). The second-order valence-corrected chi connectivity index (χ2v) is 3.58. The van der Waals surface area contributed by atoms with E-state index in [-0.39, 0.29) is 0 Å². The van der Waals surface area contributed by atoms with Gasteiger partial charge in [-0.2, -0.15) is 0 Å². The third-order valence-corrected chi connectivity index (χ3v) is 2.47. The molecule has 0 atom stereocenters. The Bertz CT molecular complexity index is 335. The summed E-state index contributed by atoms with van der Waals surface area (Å²) in [6, 6.07) is 2.05. The molecule has 11 heavy (non-hydrogen) atoms. The lowest BCUT2D eigenvalue weighted by Gasteiger charge is -1.84. The summed E-state index contributed by atoms with van der Waals surface area (Å²) in [5, 5.41) is 1.11. The van der Waals surface area contributed by atoms with Gasteiger partial charge in [-0.15, -0.1) is 11.3 Å². The number of aromatic amines is 1. The van der Waals surface area contributed by atoms with Crippen LogP contribution < -0.4 is 0 Å². The Kier molecular flexibility index (Phi) is 1.51. The Balaban J connectivity index is 2.45. The molecule has 0 aliphatic carbocycles. The first kappa shape index (κ1) is 6.61. The molecule has 2 aromatic rings. The number of thiazole rings is 1. The zero-order valence-corrected chi connectivity index (χ0v) is 6.98. The van der Waals surface area contributed by atoms with Gasteiger partial charge in [0.1, 0.15) is 0 Å². The maximum Gasteiger partial charge on any atom is 0.0900 e. The summed E-state index contributed by atoms with van der Waals surface area (Å²) in [6.07, 6.45) is 5.81. The largest absolute Gasteiger partial charge is 0.367 e. The fourth-order valence-corrected chi connectivity index (χ4v) is 1.75. The van der Waals surface area contributed by atoms with E-state index in [1.54, 1.807) is 11.3 Å². The molecule has 0 fully saturated rings. The van der Waals surface area contributed by atoms with Gasteiger partial charge in [-0.05, 0) is 13.0 Å². The first-order valence-corrected chi connectivity index (χ1v) is 4.23. The van der Waals surface area contributed by atoms with E-state index in [0.29, 0.717) is 0 Å². The van der Waals surface area contributed by atoms with Crippen LogP contribution in [0.2, 0.25) is 0 Å². The van der Waals surface area contributed by atoms with Crippen molar-refractivity contribution in [3.05, 3.63) is 29.7 Å². The molecule has 0 unspecified atom stereocenters. The number of nitrogens with one attached hydrogen (secondary N) is 1. The Morgan fingerprint density at radius 1 is 1.55 bits per heavy atom. The molecule has 0 spiro atoms. The number of aryl methyl sites for hydroxylation is 1. The molecule has 2 heterocycles. The van der Waals surface area contributed by atoms with Crippen molar-refractivity contribution in [2.24, 2.45) is 0 Å². The second kappa shape index (κ2) is 2.51. The number of aromatic nitrogens is 2. The standard InChI is InChI=1S/C8H8N2S/c1-6-10-5-8(11-6)7-2-3-9-4-7/h2-5,9H,1H3. The Morgan fingerprint density at radius 3 is 3.00 bits per heavy atom. The van der Waals surface area contributed by atoms with Crippen LogP contribution in [0.25, 0.3) is 10.4 Å². The molecule has 2 nitrogen and oxygen atoms in total. The molecule has 0 aliphatic heterocycles. The van der Waals surface area contributed by atoms with Crippen molar-refractivity contribution >= 4 is 11.3 Å². The van der Waals surface area contributed by atoms with Gasteiger partial charge in [0, 0.05) is 24.2 Å². The maximum absolute atomic E-state index is 4.18. The van der Waals surface area contributed by atoms with Crippen molar-refractivity contribution in [3.8, 4) is 10.4 Å². The normalized spacial score (nSPS) is 10.3. The summed E-state index contributed by atoms with van der Waals surface area (Å²) in [5.41, 5.74) is 1.22. The van der Waals surface area contributed by atoms with Crippen LogP contribution in [0.4, 0.5) is 0 Å². The van der Waals surface area contributed by atoms with E-state index in [0.717, 1.165) is 5.01 Å². The fraction of sp³-hybridized carbons (Fsp3) is 0.125. The molecule has 56 valence electrons. The highest BCUT2D eigenvalue weighted by atomic mass is 32.1. The van der Waals surface area contributed by atoms with Gasteiger partial charge in [-0.1, -0.05) is 0 Å². The molecule has 0 saturated heterocycles. The smallest absolute Gasteiger partial charge is 0.0900 e. The minimum atomic E-state index is 1.11. The van der Waals surface area contributed by atoms with Gasteiger partial charge in [0.05, 0.1) is 9.88 Å². The third kappa shape index (κ3) is 1.19. The zero-order chi connectivity index (χ0) is 7.68. The van der Waals surface area contributed by atoms with Gasteiger partial charge in [0.2, 0.25) is 0 Å². The summed E-state index contributed by atoms with van der Waals surface area (Å²) in [4.78, 5) is 8.42. The summed E-state index contributed by atoms with van der Waals surface area (Å²) in [6.45, 7) is 2.01. The minimum absolute atomic E-state index is 1.11. The predicted molar refractivity (Wildman–Crippen MR) is 46.6 cm³/mol. The second-order valence-electron chi connectivity index (χ2n) is 2.34. The lowest BCUT2D eigenvalue weighted by Crippen LogP contribution is -1.61. The van der Waals surface area contributed by atoms with E-state index in [4.69, 9.17) is 0 Å². The highest BCUT2D eigenvalue weighted by molar-refractivity contribution is 7.15. The molecule has 0 saturated carbocycles. The van der Waals surface area contributed by atoms with Gasteiger partial charge in [-0.25, -0.2) is 4.98 Å². The van der Waals surface area contributed by atoms with Crippen molar-refractivity contribution in [1.82, 2.24) is 9.97 Å². The number of nitrogens with zero attached hydrogens (tertiary/aromatic N) is 1. The topological polar surface area (TPSA) is 28.7 Å². The SMILES string of the molecule is Cc1ncc(-c2cc[nH]c2)s1. The van der Waals surface area contributed by atoms with Crippen LogP contribution in [0.3, 0.4) is 0 Å². The van der Waals surface area contributed by atoms with Crippen LogP contribution in [0.5, 0.6) is 0 Å². The minimum Gasteiger partial charge on any atom is -0.367 e. The lowest BCUT2D eigenvalue weighted by molar-refractivity contribution is 1.30. The molecule has 0 aliphatic rings. The van der Waals surface area contributed by atoms with E-state index >= 15 is 0 Å². The molecular formula is C8H8N2S. The zero-order valence-electron chi connectivity index (χ0n) is 6.16. The van der Waals surface area contributed by atoms with Gasteiger partial charge in [0.15, 0.2) is 0 Å². The van der Waals surface area contributed by atoms with Crippen LogP contribution in [0.1, 0.15) is 5.01 Å². The number of hydrogen-bond acceptors (Lipinski definition) is 2. The molecule has 3 heteroatoms. The van der Waals surface area contributed by atoms with Crippen molar-refractivity contribution < 1.29 is 0 Å². The van der Waals surface area contributed by atoms with Crippen LogP contribution in [0, 0.1) is 6.92 Å². The van der Waals surface area contributed by atoms with Crippen molar-refractivity contribution in [2.75, 3.05) is 0 Å². The van der Waals surface area contributed by atoms with Crippen molar-refractivity contribution in [2.45, 2.75) is 6.92 Å². The molecule has 0 amide bonds. The van der Waals surface area contributed by atoms with Crippen LogP contribution in [-0.2, 0) is 0 Å². The number of H-pyrrole nitrogens is 1. The third-order valence-electron chi connectivity index (χ3n) is 1.50. The van der Waals surface area contributed by atoms with E-state index in [1.165, 1.54) is 10.4 Å². The Labute approximate surface area is 68.9 Å². The summed E-state index contributed by atoms with van der Waals surface area (Å²) >= 11 is 1.71. The fourth-order valence-electron chi connectivity index (χ4n) is 0.972. The van der Waals surface area contributed by atoms with Gasteiger partial charge < -0.3 is 4.98 Å². The quantitative estimate of drug-likeness (QED) is 0.689. The highest BCUT2D eigenvalue weighted by Gasteiger charge is 1.99. The summed E-state index contributed by atoms with van der Waals surface area (Å²) < 4.78 is 0. The molecule has 0 radical (unpaired) electrons. The first-order chi connectivity index (χ1) is 5.36. The molecule has 0 bridgehead atoms. The van der Waals surface area contributed by atoms with Gasteiger partial charge >= 0.3 is 0 Å². The van der Waals surface area contributed by atoms with Crippen molar-refractivity contribution in [1.29, 1.82) is 0 Å². The van der Waals surface area contributed by atoms with E-state index in [9.17, 15) is 0 Å². The predicted octanol–water partition coefficient (Wildman–Crippen LogP) is 2.45. The lowest BCUT2D eigenvalue weighted by atomic mass is 10.3. The van der Waals surface area contributed by atoms with Crippen LogP contribution in [0.15, 0.2) is 24.7 Å². The molecule has 1 N–H and O–H groups in total. The van der Waals surface area contributed by atoms with E-state index in [1.807, 2.05) is 31.6 Å². The average Bonchev–Trinajstić information content (AvgIpc) is 2.55. The molecular weight excluding hydrogens is 156 g/mol. The van der Waals surface area contributed by atoms with Gasteiger partial charge in [-0.3, -0.25) is 0 Å². The van der Waals surface area contributed by atoms with E-state index < -0.39 is 0 Å². The van der Waals surface area contributed by atoms with Crippen LogP contribution >= 0.6 is 11.3 Å². The van der Waals surface area contributed by atoms with Crippen LogP contribution in [-0.4, -0.2) is 9.97 Å². The molecule has 2 aromatic heterocycles. The summed E-state index contributed by atoms with van der Waals surface area (Å²) in [7, 11) is 0. The molecule has 0 aromatic carbocycles. The number of rotatable bonds is 1. The summed E-state index contributed by atoms with van der Waals surface area (Å²) in [5.74, 6) is 0. The monoisotopic (exact) mass is 164 g/mol. The van der Waals surface area contributed by atoms with Crippen molar-refractivity contribution in [3.63, 3.8) is 0 Å². The average molecular weight is 164 g/mol. The van der Waals surface area contributed by atoms with Gasteiger partial charge in [0.25, 0.3) is 0 Å². The Hall–Kier alpha value is -1.09. The van der Waals surface area contributed by atoms with E-state index in [2.05, 4.69) is 9.97 Å². The Morgan fingerprint density at radius 2 is 2.45 bits per heavy atom. The maximum atomic E-state index is 4.18. The number of hydrogen-bond donors (Lipinski definition) is 1. The highest BCUT2D eigenvalue weighted by Crippen LogP contribution is 2.24. The first-order valence-electron chi connectivity index (χ1n) is 3.42.